The molecule has 3 aromatic rings. The number of nitrogens with zero attached hydrogens (tertiary/aromatic N) is 3. The summed E-state index contributed by atoms with van der Waals surface area (Å²) in [5.74, 6) is 1.12. The molecule has 1 amide bonds. The number of amides is 1. The number of benzene rings is 2. The van der Waals surface area contributed by atoms with Crippen LogP contribution in [0.15, 0.2) is 60.7 Å². The summed E-state index contributed by atoms with van der Waals surface area (Å²) in [7, 11) is 0. The number of morpholine rings is 1. The van der Waals surface area contributed by atoms with Crippen LogP contribution in [0.25, 0.3) is 11.3 Å². The van der Waals surface area contributed by atoms with Crippen molar-refractivity contribution < 1.29 is 14.3 Å². The van der Waals surface area contributed by atoms with Gasteiger partial charge in [0, 0.05) is 29.4 Å². The largest absolute Gasteiger partial charge is 0.481 e. The molecule has 0 spiro atoms. The van der Waals surface area contributed by atoms with Crippen molar-refractivity contribution in [1.82, 2.24) is 10.2 Å². The number of aromatic nitrogens is 2. The molecule has 4 rings (SSSR count). The Morgan fingerprint density at radius 3 is 2.65 bits per heavy atom. The maximum atomic E-state index is 12.6. The zero-order chi connectivity index (χ0) is 21.6. The van der Waals surface area contributed by atoms with Gasteiger partial charge in [0.15, 0.2) is 11.9 Å². The fourth-order valence-electron chi connectivity index (χ4n) is 3.24. The van der Waals surface area contributed by atoms with Gasteiger partial charge >= 0.3 is 0 Å². The lowest BCUT2D eigenvalue weighted by Gasteiger charge is -2.27. The third-order valence-corrected chi connectivity index (χ3v) is 5.12. The van der Waals surface area contributed by atoms with Crippen molar-refractivity contribution in [1.29, 1.82) is 0 Å². The lowest BCUT2D eigenvalue weighted by Crippen LogP contribution is -2.36. The van der Waals surface area contributed by atoms with Crippen LogP contribution >= 0.6 is 11.6 Å². The molecule has 0 bridgehead atoms. The highest BCUT2D eigenvalue weighted by Gasteiger charge is 2.16. The molecule has 1 saturated heterocycles. The maximum Gasteiger partial charge on any atom is 0.265 e. The molecule has 160 valence electrons. The smallest absolute Gasteiger partial charge is 0.265 e. The van der Waals surface area contributed by atoms with Crippen molar-refractivity contribution in [3.05, 3.63) is 65.7 Å². The van der Waals surface area contributed by atoms with Gasteiger partial charge in [0.25, 0.3) is 5.91 Å². The van der Waals surface area contributed by atoms with Crippen molar-refractivity contribution in [2.75, 3.05) is 36.5 Å². The van der Waals surface area contributed by atoms with Gasteiger partial charge in [-0.05, 0) is 49.4 Å². The van der Waals surface area contributed by atoms with Crippen molar-refractivity contribution in [2.45, 2.75) is 13.0 Å². The Balaban J connectivity index is 1.41. The lowest BCUT2D eigenvalue weighted by molar-refractivity contribution is -0.122. The van der Waals surface area contributed by atoms with Gasteiger partial charge in [0.05, 0.1) is 18.9 Å². The molecule has 31 heavy (non-hydrogen) atoms. The van der Waals surface area contributed by atoms with Crippen LogP contribution in [0.1, 0.15) is 6.92 Å². The molecule has 1 fully saturated rings. The number of halogens is 1. The van der Waals surface area contributed by atoms with Crippen LogP contribution in [0.2, 0.25) is 5.02 Å². The zero-order valence-electron chi connectivity index (χ0n) is 17.1. The third-order valence-electron chi connectivity index (χ3n) is 4.89. The van der Waals surface area contributed by atoms with E-state index in [1.54, 1.807) is 31.2 Å². The highest BCUT2D eigenvalue weighted by Crippen LogP contribution is 2.23. The molecule has 0 saturated carbocycles. The molecule has 2 aromatic carbocycles. The van der Waals surface area contributed by atoms with Crippen LogP contribution in [0.4, 0.5) is 11.5 Å². The summed E-state index contributed by atoms with van der Waals surface area (Å²) in [5.41, 5.74) is 2.25. The van der Waals surface area contributed by atoms with Crippen LogP contribution in [-0.4, -0.2) is 48.5 Å². The molecule has 1 unspecified atom stereocenters. The summed E-state index contributed by atoms with van der Waals surface area (Å²) in [6, 6.07) is 18.3. The summed E-state index contributed by atoms with van der Waals surface area (Å²) in [4.78, 5) is 14.7. The highest BCUT2D eigenvalue weighted by atomic mass is 35.5. The summed E-state index contributed by atoms with van der Waals surface area (Å²) in [6.45, 7) is 4.71. The number of ether oxygens (including phenoxy) is 2. The maximum absolute atomic E-state index is 12.6. The first-order chi connectivity index (χ1) is 15.1. The molecule has 7 nitrogen and oxygen atoms in total. The van der Waals surface area contributed by atoms with E-state index in [4.69, 9.17) is 21.1 Å². The molecule has 0 aliphatic carbocycles. The molecule has 1 aliphatic rings. The van der Waals surface area contributed by atoms with E-state index in [2.05, 4.69) is 20.4 Å². The Bertz CT molecular complexity index is 1040. The van der Waals surface area contributed by atoms with Crippen LogP contribution in [0.3, 0.4) is 0 Å². The van der Waals surface area contributed by atoms with Gasteiger partial charge in [-0.2, -0.15) is 0 Å². The van der Waals surface area contributed by atoms with Crippen LogP contribution in [0, 0.1) is 0 Å². The minimum atomic E-state index is -0.685. The summed E-state index contributed by atoms with van der Waals surface area (Å²) >= 11 is 5.97. The second-order valence-electron chi connectivity index (χ2n) is 7.16. The van der Waals surface area contributed by atoms with Crippen molar-refractivity contribution >= 4 is 29.0 Å². The Labute approximate surface area is 186 Å². The topological polar surface area (TPSA) is 76.6 Å². The minimum absolute atomic E-state index is 0.258. The molecule has 1 aromatic heterocycles. The van der Waals surface area contributed by atoms with Gasteiger partial charge in [-0.15, -0.1) is 10.2 Å². The van der Waals surface area contributed by atoms with Crippen LogP contribution in [-0.2, 0) is 9.53 Å². The van der Waals surface area contributed by atoms with Gasteiger partial charge < -0.3 is 19.7 Å². The Hall–Kier alpha value is -3.16. The van der Waals surface area contributed by atoms with E-state index in [1.165, 1.54) is 0 Å². The molecular weight excluding hydrogens is 416 g/mol. The SMILES string of the molecule is CC(Oc1cccc(Cl)c1)C(=O)Nc1cccc(-c2ccc(N3CCOCC3)nn2)c1. The second kappa shape index (κ2) is 9.76. The zero-order valence-corrected chi connectivity index (χ0v) is 17.9. The van der Waals surface area contributed by atoms with Gasteiger partial charge in [-0.1, -0.05) is 29.8 Å². The quantitative estimate of drug-likeness (QED) is 0.626. The Morgan fingerprint density at radius 1 is 1.10 bits per heavy atom. The number of nitrogens with one attached hydrogen (secondary N) is 1. The van der Waals surface area contributed by atoms with E-state index in [0.29, 0.717) is 29.7 Å². The lowest BCUT2D eigenvalue weighted by atomic mass is 10.1. The average molecular weight is 439 g/mol. The van der Waals surface area contributed by atoms with Gasteiger partial charge in [-0.3, -0.25) is 4.79 Å². The standard InChI is InChI=1S/C23H23ClN4O3/c1-16(31-20-7-3-5-18(24)15-20)23(29)25-19-6-2-4-17(14-19)21-8-9-22(27-26-21)28-10-12-30-13-11-28/h2-9,14-16H,10-13H2,1H3,(H,25,29). The summed E-state index contributed by atoms with van der Waals surface area (Å²) in [5, 5.41) is 12.2. The number of carbonyl (C=O) groups is 1. The highest BCUT2D eigenvalue weighted by molar-refractivity contribution is 6.30. The monoisotopic (exact) mass is 438 g/mol. The van der Waals surface area contributed by atoms with E-state index in [1.807, 2.05) is 36.4 Å². The normalized spacial score (nSPS) is 14.7. The molecule has 0 radical (unpaired) electrons. The van der Waals surface area contributed by atoms with Gasteiger partial charge in [-0.25, -0.2) is 0 Å². The van der Waals surface area contributed by atoms with Crippen molar-refractivity contribution in [3.63, 3.8) is 0 Å². The van der Waals surface area contributed by atoms with Crippen LogP contribution in [0.5, 0.6) is 5.75 Å². The van der Waals surface area contributed by atoms with Crippen molar-refractivity contribution in [3.8, 4) is 17.0 Å². The summed E-state index contributed by atoms with van der Waals surface area (Å²) < 4.78 is 11.1. The number of hydrogen-bond donors (Lipinski definition) is 1. The Morgan fingerprint density at radius 2 is 1.90 bits per heavy atom. The molecular formula is C23H23ClN4O3. The number of anilines is 2. The van der Waals surface area contributed by atoms with E-state index in [-0.39, 0.29) is 5.91 Å². The number of rotatable bonds is 6. The first kappa shape index (κ1) is 21.1. The molecule has 1 aliphatic heterocycles. The predicted molar refractivity (Wildman–Crippen MR) is 121 cm³/mol. The first-order valence-corrected chi connectivity index (χ1v) is 10.5. The fraction of sp³-hybridized carbons (Fsp3) is 0.261. The van der Waals surface area contributed by atoms with E-state index in [0.717, 1.165) is 30.2 Å². The van der Waals surface area contributed by atoms with Crippen molar-refractivity contribution in [2.24, 2.45) is 0 Å². The Kier molecular flexibility index (Phi) is 6.64. The average Bonchev–Trinajstić information content (AvgIpc) is 2.80. The molecule has 8 heteroatoms. The fourth-order valence-corrected chi connectivity index (χ4v) is 3.42. The molecule has 1 atom stereocenters. The van der Waals surface area contributed by atoms with E-state index in [9.17, 15) is 4.79 Å². The number of hydrogen-bond acceptors (Lipinski definition) is 6. The van der Waals surface area contributed by atoms with E-state index < -0.39 is 6.10 Å². The summed E-state index contributed by atoms with van der Waals surface area (Å²) in [6.07, 6.45) is -0.685. The van der Waals surface area contributed by atoms with Gasteiger partial charge in [0.1, 0.15) is 5.75 Å². The predicted octanol–water partition coefficient (Wildman–Crippen LogP) is 4.04. The molecule has 1 N–H and O–H groups in total. The minimum Gasteiger partial charge on any atom is -0.481 e. The van der Waals surface area contributed by atoms with Gasteiger partial charge in [0.2, 0.25) is 0 Å². The molecule has 2 heterocycles. The second-order valence-corrected chi connectivity index (χ2v) is 7.60. The first-order valence-electron chi connectivity index (χ1n) is 10.1. The van der Waals surface area contributed by atoms with Crippen LogP contribution < -0.4 is 15.0 Å². The van der Waals surface area contributed by atoms with E-state index >= 15 is 0 Å². The number of carbonyl (C=O) groups excluding carboxylic acids is 1. The third kappa shape index (κ3) is 5.51.